The van der Waals surface area contributed by atoms with Gasteiger partial charge in [0, 0.05) is 25.5 Å². The molecular formula is C24H33N3O3S. The molecule has 2 atom stereocenters. The molecular weight excluding hydrogens is 410 g/mol. The third kappa shape index (κ3) is 5.44. The number of sulfone groups is 1. The van der Waals surface area contributed by atoms with Gasteiger partial charge in [-0.15, -0.1) is 0 Å². The lowest BCUT2D eigenvalue weighted by molar-refractivity contribution is 0.104. The Morgan fingerprint density at radius 1 is 1.03 bits per heavy atom. The number of rotatable bonds is 9. The number of piperidine rings is 1. The second-order valence-corrected chi connectivity index (χ2v) is 11.1. The summed E-state index contributed by atoms with van der Waals surface area (Å²) in [4.78, 5) is 11.8. The van der Waals surface area contributed by atoms with E-state index in [1.165, 1.54) is 24.8 Å². The van der Waals surface area contributed by atoms with Gasteiger partial charge in [-0.2, -0.15) is 0 Å². The van der Waals surface area contributed by atoms with Crippen molar-refractivity contribution in [2.24, 2.45) is 17.8 Å². The lowest BCUT2D eigenvalue weighted by Crippen LogP contribution is -2.35. The first-order valence-electron chi connectivity index (χ1n) is 11.5. The predicted molar refractivity (Wildman–Crippen MR) is 122 cm³/mol. The molecule has 1 aliphatic heterocycles. The highest BCUT2D eigenvalue weighted by atomic mass is 32.2. The molecule has 31 heavy (non-hydrogen) atoms. The average molecular weight is 444 g/mol. The van der Waals surface area contributed by atoms with Gasteiger partial charge in [0.2, 0.25) is 5.95 Å². The summed E-state index contributed by atoms with van der Waals surface area (Å²) in [6.07, 6.45) is 8.53. The molecule has 1 aliphatic carbocycles. The monoisotopic (exact) mass is 443 g/mol. The number of aryl methyl sites for hydroxylation is 1. The first kappa shape index (κ1) is 22.2. The lowest BCUT2D eigenvalue weighted by atomic mass is 9.91. The van der Waals surface area contributed by atoms with Crippen LogP contribution >= 0.6 is 0 Å². The van der Waals surface area contributed by atoms with Crippen LogP contribution in [0.15, 0.2) is 41.6 Å². The van der Waals surface area contributed by atoms with Gasteiger partial charge in [-0.1, -0.05) is 26.0 Å². The number of ether oxygens (including phenoxy) is 1. The van der Waals surface area contributed by atoms with Crippen LogP contribution < -0.4 is 4.90 Å². The molecule has 0 radical (unpaired) electrons. The highest BCUT2D eigenvalue weighted by Crippen LogP contribution is 2.48. The number of nitrogens with zero attached hydrogens (tertiary/aromatic N) is 3. The molecule has 1 aromatic heterocycles. The SMILES string of the molecule is CCc1cnc(N2CCC([C@H]3C[C@@H]3COCc3ccc(S(=O)(=O)CC)cc3)CC2)nc1. The highest BCUT2D eigenvalue weighted by molar-refractivity contribution is 7.91. The zero-order valence-electron chi connectivity index (χ0n) is 18.5. The second-order valence-electron chi connectivity index (χ2n) is 8.79. The molecule has 6 nitrogen and oxygen atoms in total. The van der Waals surface area contributed by atoms with Crippen molar-refractivity contribution in [2.75, 3.05) is 30.3 Å². The molecule has 2 fully saturated rings. The predicted octanol–water partition coefficient (Wildman–Crippen LogP) is 3.90. The summed E-state index contributed by atoms with van der Waals surface area (Å²) in [6, 6.07) is 7.09. The normalized spacial score (nSPS) is 21.9. The summed E-state index contributed by atoms with van der Waals surface area (Å²) in [5.74, 6) is 3.21. The van der Waals surface area contributed by atoms with E-state index in [0.717, 1.165) is 49.5 Å². The minimum absolute atomic E-state index is 0.128. The molecule has 7 heteroatoms. The number of hydrogen-bond acceptors (Lipinski definition) is 6. The average Bonchev–Trinajstić information content (AvgIpc) is 3.59. The topological polar surface area (TPSA) is 72.4 Å². The van der Waals surface area contributed by atoms with Crippen LogP contribution in [0.25, 0.3) is 0 Å². The van der Waals surface area contributed by atoms with Crippen LogP contribution in [-0.4, -0.2) is 43.8 Å². The molecule has 1 aromatic carbocycles. The van der Waals surface area contributed by atoms with E-state index in [-0.39, 0.29) is 5.75 Å². The Hall–Kier alpha value is -1.99. The van der Waals surface area contributed by atoms with Crippen LogP contribution in [0.3, 0.4) is 0 Å². The number of hydrogen-bond donors (Lipinski definition) is 0. The zero-order valence-corrected chi connectivity index (χ0v) is 19.4. The van der Waals surface area contributed by atoms with Gasteiger partial charge in [-0.25, -0.2) is 18.4 Å². The molecule has 0 amide bonds. The molecule has 4 rings (SSSR count). The van der Waals surface area contributed by atoms with Gasteiger partial charge in [0.15, 0.2) is 9.84 Å². The smallest absolute Gasteiger partial charge is 0.225 e. The summed E-state index contributed by atoms with van der Waals surface area (Å²) in [5.41, 5.74) is 2.20. The van der Waals surface area contributed by atoms with E-state index in [9.17, 15) is 8.42 Å². The summed E-state index contributed by atoms with van der Waals surface area (Å²) in [6.45, 7) is 7.19. The molecule has 168 valence electrons. The Morgan fingerprint density at radius 3 is 2.32 bits per heavy atom. The van der Waals surface area contributed by atoms with E-state index < -0.39 is 9.84 Å². The second kappa shape index (κ2) is 9.65. The summed E-state index contributed by atoms with van der Waals surface area (Å²) in [5, 5.41) is 0. The molecule has 0 N–H and O–H groups in total. The first-order valence-corrected chi connectivity index (χ1v) is 13.1. The molecule has 1 saturated heterocycles. The molecule has 2 aromatic rings. The van der Waals surface area contributed by atoms with E-state index in [1.807, 2.05) is 24.5 Å². The lowest BCUT2D eigenvalue weighted by Gasteiger charge is -2.32. The maximum Gasteiger partial charge on any atom is 0.225 e. The van der Waals surface area contributed by atoms with Crippen LogP contribution in [-0.2, 0) is 27.6 Å². The third-order valence-corrected chi connectivity index (χ3v) is 8.52. The van der Waals surface area contributed by atoms with Crippen molar-refractivity contribution >= 4 is 15.8 Å². The van der Waals surface area contributed by atoms with Crippen LogP contribution in [0, 0.1) is 17.8 Å². The minimum atomic E-state index is -3.14. The summed E-state index contributed by atoms with van der Waals surface area (Å²) >= 11 is 0. The van der Waals surface area contributed by atoms with Gasteiger partial charge < -0.3 is 9.64 Å². The van der Waals surface area contributed by atoms with E-state index >= 15 is 0 Å². The maximum absolute atomic E-state index is 11.9. The summed E-state index contributed by atoms with van der Waals surface area (Å²) < 4.78 is 29.7. The molecule has 2 heterocycles. The molecule has 2 aliphatic rings. The van der Waals surface area contributed by atoms with Gasteiger partial charge >= 0.3 is 0 Å². The minimum Gasteiger partial charge on any atom is -0.376 e. The Kier molecular flexibility index (Phi) is 6.92. The van der Waals surface area contributed by atoms with Crippen LogP contribution in [0.1, 0.15) is 44.2 Å². The largest absolute Gasteiger partial charge is 0.376 e. The van der Waals surface area contributed by atoms with Gasteiger partial charge in [-0.3, -0.25) is 0 Å². The molecule has 0 bridgehead atoms. The van der Waals surface area contributed by atoms with E-state index in [2.05, 4.69) is 21.8 Å². The van der Waals surface area contributed by atoms with Crippen LogP contribution in [0.5, 0.6) is 0 Å². The van der Waals surface area contributed by atoms with Crippen molar-refractivity contribution in [3.8, 4) is 0 Å². The van der Waals surface area contributed by atoms with Gasteiger partial charge in [0.1, 0.15) is 0 Å². The Morgan fingerprint density at radius 2 is 1.71 bits per heavy atom. The fourth-order valence-electron chi connectivity index (χ4n) is 4.55. The number of benzene rings is 1. The molecule has 1 saturated carbocycles. The summed E-state index contributed by atoms with van der Waals surface area (Å²) in [7, 11) is -3.14. The number of aromatic nitrogens is 2. The fraction of sp³-hybridized carbons (Fsp3) is 0.583. The molecule has 0 spiro atoms. The third-order valence-electron chi connectivity index (χ3n) is 6.77. The van der Waals surface area contributed by atoms with Crippen molar-refractivity contribution in [1.82, 2.24) is 9.97 Å². The highest BCUT2D eigenvalue weighted by Gasteiger charge is 2.43. The zero-order chi connectivity index (χ0) is 21.8. The van der Waals surface area contributed by atoms with Crippen molar-refractivity contribution in [2.45, 2.75) is 51.0 Å². The standard InChI is InChI=1S/C24H33N3O3S/c1-3-18-14-25-24(26-15-18)27-11-9-20(10-12-27)23-13-21(23)17-30-16-19-5-7-22(8-6-19)31(28,29)4-2/h5-8,14-15,20-21,23H,3-4,9-13,16-17H2,1-2H3/t21-,23-/m1/s1. The van der Waals surface area contributed by atoms with E-state index in [4.69, 9.17) is 4.74 Å². The van der Waals surface area contributed by atoms with Crippen molar-refractivity contribution in [1.29, 1.82) is 0 Å². The Labute approximate surface area is 186 Å². The number of anilines is 1. The van der Waals surface area contributed by atoms with Gasteiger partial charge in [0.25, 0.3) is 0 Å². The first-order chi connectivity index (χ1) is 15.0. The van der Waals surface area contributed by atoms with Gasteiger partial charge in [0.05, 0.1) is 23.9 Å². The van der Waals surface area contributed by atoms with Crippen molar-refractivity contribution in [3.63, 3.8) is 0 Å². The Balaban J connectivity index is 1.17. The van der Waals surface area contributed by atoms with E-state index in [0.29, 0.717) is 17.4 Å². The fourth-order valence-corrected chi connectivity index (χ4v) is 5.43. The van der Waals surface area contributed by atoms with Crippen molar-refractivity contribution < 1.29 is 13.2 Å². The van der Waals surface area contributed by atoms with Crippen LogP contribution in [0.4, 0.5) is 5.95 Å². The Bertz CT molecular complexity index is 953. The quantitative estimate of drug-likeness (QED) is 0.585. The van der Waals surface area contributed by atoms with Gasteiger partial charge in [-0.05, 0) is 66.7 Å². The molecule has 0 unspecified atom stereocenters. The van der Waals surface area contributed by atoms with Crippen molar-refractivity contribution in [3.05, 3.63) is 47.8 Å². The van der Waals surface area contributed by atoms with E-state index in [1.54, 1.807) is 19.1 Å². The maximum atomic E-state index is 11.9. The van der Waals surface area contributed by atoms with Crippen LogP contribution in [0.2, 0.25) is 0 Å².